The van der Waals surface area contributed by atoms with Gasteiger partial charge >= 0.3 is 0 Å². The first kappa shape index (κ1) is 16.4. The van der Waals surface area contributed by atoms with Crippen LogP contribution in [0, 0.1) is 21.4 Å². The Bertz CT molecular complexity index is 1000. The standard InChI is InChI=1S/C18H11N3O3S/c19-10-13(9-12-5-7-14(8-6-12)21(23)24)18-20-16(11-25-18)15-3-1-2-4-17(15)22/h1-9,11,22H/b13-9+. The zero-order chi connectivity index (χ0) is 17.8. The maximum absolute atomic E-state index is 10.7. The molecule has 0 unspecified atom stereocenters. The molecule has 0 saturated heterocycles. The smallest absolute Gasteiger partial charge is 0.269 e. The van der Waals surface area contributed by atoms with Gasteiger partial charge in [-0.3, -0.25) is 10.1 Å². The van der Waals surface area contributed by atoms with Crippen LogP contribution < -0.4 is 0 Å². The SMILES string of the molecule is N#C/C(=C\c1ccc([N+](=O)[O-])cc1)c1nc(-c2ccccc2O)cs1. The van der Waals surface area contributed by atoms with E-state index in [1.165, 1.54) is 23.5 Å². The summed E-state index contributed by atoms with van der Waals surface area (Å²) in [5.74, 6) is 0.122. The number of para-hydroxylation sites is 1. The number of nitro groups is 1. The minimum atomic E-state index is -0.474. The molecule has 3 rings (SSSR count). The summed E-state index contributed by atoms with van der Waals surface area (Å²) in [7, 11) is 0. The number of allylic oxidation sites excluding steroid dienone is 1. The number of nitriles is 1. The van der Waals surface area contributed by atoms with E-state index >= 15 is 0 Å². The molecule has 2 aromatic carbocycles. The molecule has 122 valence electrons. The van der Waals surface area contributed by atoms with E-state index in [0.717, 1.165) is 0 Å². The van der Waals surface area contributed by atoms with Gasteiger partial charge in [-0.1, -0.05) is 12.1 Å². The summed E-state index contributed by atoms with van der Waals surface area (Å²) < 4.78 is 0. The summed E-state index contributed by atoms with van der Waals surface area (Å²) in [6, 6.07) is 14.9. The molecule has 3 aromatic rings. The quantitative estimate of drug-likeness (QED) is 0.425. The number of benzene rings is 2. The van der Waals surface area contributed by atoms with Crippen LogP contribution in [0.25, 0.3) is 22.9 Å². The Labute approximate surface area is 147 Å². The molecule has 1 N–H and O–H groups in total. The summed E-state index contributed by atoms with van der Waals surface area (Å²) in [4.78, 5) is 14.6. The third-order valence-corrected chi connectivity index (χ3v) is 4.33. The lowest BCUT2D eigenvalue weighted by molar-refractivity contribution is -0.384. The maximum atomic E-state index is 10.7. The molecule has 0 aliphatic heterocycles. The number of aromatic hydroxyl groups is 1. The molecule has 1 aromatic heterocycles. The summed E-state index contributed by atoms with van der Waals surface area (Å²) in [5.41, 5.74) is 2.19. The van der Waals surface area contributed by atoms with Crippen molar-refractivity contribution in [3.8, 4) is 23.1 Å². The number of hydrogen-bond donors (Lipinski definition) is 1. The van der Waals surface area contributed by atoms with Crippen molar-refractivity contribution in [2.75, 3.05) is 0 Å². The molecular weight excluding hydrogens is 338 g/mol. The minimum Gasteiger partial charge on any atom is -0.507 e. The van der Waals surface area contributed by atoms with Crippen LogP contribution in [0.4, 0.5) is 5.69 Å². The van der Waals surface area contributed by atoms with Gasteiger partial charge in [-0.25, -0.2) is 4.98 Å². The first-order valence-corrected chi connectivity index (χ1v) is 8.07. The maximum Gasteiger partial charge on any atom is 0.269 e. The summed E-state index contributed by atoms with van der Waals surface area (Å²) in [5, 5.41) is 32.3. The fourth-order valence-electron chi connectivity index (χ4n) is 2.21. The van der Waals surface area contributed by atoms with E-state index in [1.807, 2.05) is 0 Å². The Hall–Kier alpha value is -3.50. The van der Waals surface area contributed by atoms with Crippen molar-refractivity contribution in [2.24, 2.45) is 0 Å². The second-order valence-electron chi connectivity index (χ2n) is 5.07. The highest BCUT2D eigenvalue weighted by Crippen LogP contribution is 2.32. The zero-order valence-corrected chi connectivity index (χ0v) is 13.6. The van der Waals surface area contributed by atoms with Crippen LogP contribution >= 0.6 is 11.3 Å². The van der Waals surface area contributed by atoms with Gasteiger partial charge in [-0.15, -0.1) is 11.3 Å². The highest BCUT2D eigenvalue weighted by molar-refractivity contribution is 7.11. The Kier molecular flexibility index (Phi) is 4.55. The Balaban J connectivity index is 1.93. The predicted molar refractivity (Wildman–Crippen MR) is 95.8 cm³/mol. The minimum absolute atomic E-state index is 0.00764. The lowest BCUT2D eigenvalue weighted by Gasteiger charge is -1.99. The van der Waals surface area contributed by atoms with E-state index in [-0.39, 0.29) is 11.4 Å². The van der Waals surface area contributed by atoms with Gasteiger partial charge in [0.2, 0.25) is 0 Å². The first-order chi connectivity index (χ1) is 12.1. The van der Waals surface area contributed by atoms with E-state index in [1.54, 1.807) is 47.9 Å². The van der Waals surface area contributed by atoms with Crippen molar-refractivity contribution in [3.63, 3.8) is 0 Å². The van der Waals surface area contributed by atoms with Crippen molar-refractivity contribution in [1.29, 1.82) is 5.26 Å². The topological polar surface area (TPSA) is 100 Å². The van der Waals surface area contributed by atoms with Gasteiger partial charge in [0.15, 0.2) is 0 Å². The molecular formula is C18H11N3O3S. The summed E-state index contributed by atoms with van der Waals surface area (Å²) in [6.07, 6.45) is 1.62. The summed E-state index contributed by atoms with van der Waals surface area (Å²) >= 11 is 1.29. The number of thiazole rings is 1. The monoisotopic (exact) mass is 349 g/mol. The van der Waals surface area contributed by atoms with Crippen molar-refractivity contribution < 1.29 is 10.0 Å². The van der Waals surface area contributed by atoms with Crippen LogP contribution in [-0.4, -0.2) is 15.0 Å². The molecule has 0 amide bonds. The van der Waals surface area contributed by atoms with Crippen molar-refractivity contribution in [1.82, 2.24) is 4.98 Å². The average molecular weight is 349 g/mol. The highest BCUT2D eigenvalue weighted by Gasteiger charge is 2.12. The Morgan fingerprint density at radius 2 is 1.96 bits per heavy atom. The van der Waals surface area contributed by atoms with E-state index in [2.05, 4.69) is 11.1 Å². The Morgan fingerprint density at radius 1 is 1.24 bits per heavy atom. The van der Waals surface area contributed by atoms with E-state index in [9.17, 15) is 20.5 Å². The third kappa shape index (κ3) is 3.54. The fraction of sp³-hybridized carbons (Fsp3) is 0. The first-order valence-electron chi connectivity index (χ1n) is 7.19. The van der Waals surface area contributed by atoms with Crippen molar-refractivity contribution in [3.05, 3.63) is 74.6 Å². The number of nitrogens with zero attached hydrogens (tertiary/aromatic N) is 3. The van der Waals surface area contributed by atoms with E-state index in [0.29, 0.717) is 27.4 Å². The molecule has 0 saturated carbocycles. The number of phenolic OH excluding ortho intramolecular Hbond substituents is 1. The number of rotatable bonds is 4. The molecule has 25 heavy (non-hydrogen) atoms. The van der Waals surface area contributed by atoms with Gasteiger partial charge in [0.1, 0.15) is 16.8 Å². The Morgan fingerprint density at radius 3 is 2.60 bits per heavy atom. The average Bonchev–Trinajstić information content (AvgIpc) is 3.10. The number of nitro benzene ring substituents is 1. The van der Waals surface area contributed by atoms with Crippen molar-refractivity contribution >= 4 is 28.7 Å². The highest BCUT2D eigenvalue weighted by atomic mass is 32.1. The van der Waals surface area contributed by atoms with Crippen LogP contribution in [0.5, 0.6) is 5.75 Å². The second kappa shape index (κ2) is 6.95. The van der Waals surface area contributed by atoms with Gasteiger partial charge in [-0.2, -0.15) is 5.26 Å². The van der Waals surface area contributed by atoms with Crippen molar-refractivity contribution in [2.45, 2.75) is 0 Å². The van der Waals surface area contributed by atoms with Gasteiger partial charge in [0.05, 0.1) is 16.2 Å². The molecule has 0 atom stereocenters. The molecule has 0 aliphatic rings. The van der Waals surface area contributed by atoms with Crippen LogP contribution in [-0.2, 0) is 0 Å². The zero-order valence-electron chi connectivity index (χ0n) is 12.8. The van der Waals surface area contributed by atoms with Gasteiger partial charge in [-0.05, 0) is 35.9 Å². The lowest BCUT2D eigenvalue weighted by Crippen LogP contribution is -1.87. The summed E-state index contributed by atoms with van der Waals surface area (Å²) in [6.45, 7) is 0. The molecule has 0 spiro atoms. The molecule has 0 fully saturated rings. The molecule has 7 heteroatoms. The van der Waals surface area contributed by atoms with Crippen LogP contribution in [0.15, 0.2) is 53.9 Å². The second-order valence-corrected chi connectivity index (χ2v) is 5.93. The van der Waals surface area contributed by atoms with Gasteiger partial charge in [0, 0.05) is 23.1 Å². The molecule has 1 heterocycles. The van der Waals surface area contributed by atoms with Crippen LogP contribution in [0.3, 0.4) is 0 Å². The number of hydrogen-bond acceptors (Lipinski definition) is 6. The van der Waals surface area contributed by atoms with E-state index in [4.69, 9.17) is 0 Å². The van der Waals surface area contributed by atoms with Gasteiger partial charge in [0.25, 0.3) is 5.69 Å². The fourth-order valence-corrected chi connectivity index (χ4v) is 3.00. The van der Waals surface area contributed by atoms with E-state index < -0.39 is 4.92 Å². The molecule has 0 radical (unpaired) electrons. The molecule has 6 nitrogen and oxygen atoms in total. The molecule has 0 bridgehead atoms. The molecule has 0 aliphatic carbocycles. The van der Waals surface area contributed by atoms with Crippen LogP contribution in [0.2, 0.25) is 0 Å². The van der Waals surface area contributed by atoms with Crippen LogP contribution in [0.1, 0.15) is 10.6 Å². The largest absolute Gasteiger partial charge is 0.507 e. The predicted octanol–water partition coefficient (Wildman–Crippen LogP) is 4.49. The number of phenols is 1. The lowest BCUT2D eigenvalue weighted by atomic mass is 10.1. The number of non-ortho nitro benzene ring substituents is 1. The van der Waals surface area contributed by atoms with Gasteiger partial charge < -0.3 is 5.11 Å². The third-order valence-electron chi connectivity index (χ3n) is 3.45. The normalized spacial score (nSPS) is 11.1. The number of aromatic nitrogens is 1.